The lowest BCUT2D eigenvalue weighted by molar-refractivity contribution is -0.115. The Labute approximate surface area is 124 Å². The standard InChI is InChI=1S/C15H12F3NOS/c1-9(21-14-7-6-10(16)8-12(14)18)15(20)19-13-5-3-2-4-11(13)17/h2-9H,1H3,(H,19,20)/t9-/m0/s1. The predicted octanol–water partition coefficient (Wildman–Crippen LogP) is 4.22. The zero-order valence-corrected chi connectivity index (χ0v) is 11.9. The lowest BCUT2D eigenvalue weighted by Crippen LogP contribution is -2.23. The molecule has 6 heteroatoms. The van der Waals surface area contributed by atoms with Crippen LogP contribution in [-0.4, -0.2) is 11.2 Å². The molecule has 0 aliphatic carbocycles. The van der Waals surface area contributed by atoms with Crippen LogP contribution in [0.15, 0.2) is 47.4 Å². The Morgan fingerprint density at radius 2 is 1.81 bits per heavy atom. The molecule has 110 valence electrons. The molecule has 0 fully saturated rings. The van der Waals surface area contributed by atoms with Crippen molar-refractivity contribution < 1.29 is 18.0 Å². The first kappa shape index (κ1) is 15.4. The largest absolute Gasteiger partial charge is 0.323 e. The van der Waals surface area contributed by atoms with E-state index >= 15 is 0 Å². The molecule has 0 spiro atoms. The third-order valence-corrected chi connectivity index (χ3v) is 3.85. The van der Waals surface area contributed by atoms with Crippen molar-refractivity contribution in [2.75, 3.05) is 5.32 Å². The van der Waals surface area contributed by atoms with Gasteiger partial charge in [-0.1, -0.05) is 12.1 Å². The monoisotopic (exact) mass is 311 g/mol. The van der Waals surface area contributed by atoms with Gasteiger partial charge in [0.15, 0.2) is 0 Å². The highest BCUT2D eigenvalue weighted by Gasteiger charge is 2.18. The van der Waals surface area contributed by atoms with Gasteiger partial charge in [-0.2, -0.15) is 0 Å². The number of amides is 1. The molecule has 1 atom stereocenters. The van der Waals surface area contributed by atoms with Crippen molar-refractivity contribution in [2.24, 2.45) is 0 Å². The van der Waals surface area contributed by atoms with Crippen molar-refractivity contribution >= 4 is 23.4 Å². The molecule has 0 saturated carbocycles. The molecule has 2 aromatic carbocycles. The van der Waals surface area contributed by atoms with Gasteiger partial charge in [0.2, 0.25) is 5.91 Å². The van der Waals surface area contributed by atoms with Gasteiger partial charge in [0.05, 0.1) is 10.9 Å². The Morgan fingerprint density at radius 1 is 1.10 bits per heavy atom. The summed E-state index contributed by atoms with van der Waals surface area (Å²) in [6.07, 6.45) is 0. The molecule has 1 amide bonds. The second-order valence-electron chi connectivity index (χ2n) is 4.30. The van der Waals surface area contributed by atoms with Crippen LogP contribution in [0.4, 0.5) is 18.9 Å². The summed E-state index contributed by atoms with van der Waals surface area (Å²) in [5, 5.41) is 1.77. The molecule has 0 aliphatic heterocycles. The smallest absolute Gasteiger partial charge is 0.237 e. The van der Waals surface area contributed by atoms with Gasteiger partial charge in [-0.25, -0.2) is 13.2 Å². The van der Waals surface area contributed by atoms with Crippen LogP contribution in [0.3, 0.4) is 0 Å². The quantitative estimate of drug-likeness (QED) is 0.856. The predicted molar refractivity (Wildman–Crippen MR) is 76.7 cm³/mol. The minimum absolute atomic E-state index is 0.0644. The summed E-state index contributed by atoms with van der Waals surface area (Å²) in [6.45, 7) is 1.56. The highest BCUT2D eigenvalue weighted by atomic mass is 32.2. The first-order valence-corrected chi connectivity index (χ1v) is 7.02. The normalized spacial score (nSPS) is 12.0. The van der Waals surface area contributed by atoms with Gasteiger partial charge in [0.1, 0.15) is 17.5 Å². The fourth-order valence-electron chi connectivity index (χ4n) is 1.61. The van der Waals surface area contributed by atoms with E-state index in [4.69, 9.17) is 0 Å². The van der Waals surface area contributed by atoms with E-state index in [0.29, 0.717) is 0 Å². The maximum atomic E-state index is 13.5. The average Bonchev–Trinajstić information content (AvgIpc) is 2.44. The van der Waals surface area contributed by atoms with E-state index in [-0.39, 0.29) is 10.6 Å². The van der Waals surface area contributed by atoms with E-state index in [0.717, 1.165) is 23.9 Å². The van der Waals surface area contributed by atoms with Crippen molar-refractivity contribution in [3.63, 3.8) is 0 Å². The third kappa shape index (κ3) is 4.01. The molecule has 0 saturated heterocycles. The number of benzene rings is 2. The van der Waals surface area contributed by atoms with E-state index < -0.39 is 28.6 Å². The summed E-state index contributed by atoms with van der Waals surface area (Å²) in [7, 11) is 0. The van der Waals surface area contributed by atoms with Crippen molar-refractivity contribution in [2.45, 2.75) is 17.1 Å². The third-order valence-electron chi connectivity index (χ3n) is 2.70. The van der Waals surface area contributed by atoms with Crippen LogP contribution >= 0.6 is 11.8 Å². The minimum Gasteiger partial charge on any atom is -0.323 e. The van der Waals surface area contributed by atoms with E-state index in [9.17, 15) is 18.0 Å². The van der Waals surface area contributed by atoms with E-state index in [1.807, 2.05) is 0 Å². The fourth-order valence-corrected chi connectivity index (χ4v) is 2.48. The molecule has 21 heavy (non-hydrogen) atoms. The van der Waals surface area contributed by atoms with Crippen LogP contribution in [-0.2, 0) is 4.79 Å². The summed E-state index contributed by atoms with van der Waals surface area (Å²) in [4.78, 5) is 12.1. The van der Waals surface area contributed by atoms with Crippen LogP contribution < -0.4 is 5.32 Å². The van der Waals surface area contributed by atoms with E-state index in [1.54, 1.807) is 13.0 Å². The molecular weight excluding hydrogens is 299 g/mol. The molecule has 0 unspecified atom stereocenters. The van der Waals surface area contributed by atoms with Gasteiger partial charge in [-0.15, -0.1) is 11.8 Å². The SMILES string of the molecule is C[C@H](Sc1ccc(F)cc1F)C(=O)Nc1ccccc1F. The Morgan fingerprint density at radius 3 is 2.48 bits per heavy atom. The van der Waals surface area contributed by atoms with E-state index in [2.05, 4.69) is 5.32 Å². The van der Waals surface area contributed by atoms with Gasteiger partial charge >= 0.3 is 0 Å². The fraction of sp³-hybridized carbons (Fsp3) is 0.133. The highest BCUT2D eigenvalue weighted by molar-refractivity contribution is 8.00. The number of para-hydroxylation sites is 1. The van der Waals surface area contributed by atoms with E-state index in [1.165, 1.54) is 24.3 Å². The Bertz CT molecular complexity index is 663. The lowest BCUT2D eigenvalue weighted by Gasteiger charge is -2.13. The first-order valence-electron chi connectivity index (χ1n) is 6.14. The molecular formula is C15H12F3NOS. The van der Waals surface area contributed by atoms with Crippen LogP contribution in [0, 0.1) is 17.5 Å². The second kappa shape index (κ2) is 6.67. The van der Waals surface area contributed by atoms with Gasteiger partial charge in [0, 0.05) is 11.0 Å². The van der Waals surface area contributed by atoms with Crippen LogP contribution in [0.2, 0.25) is 0 Å². The number of hydrogen-bond donors (Lipinski definition) is 1. The van der Waals surface area contributed by atoms with Gasteiger partial charge in [0.25, 0.3) is 0 Å². The minimum atomic E-state index is -0.731. The maximum Gasteiger partial charge on any atom is 0.237 e. The molecule has 0 radical (unpaired) electrons. The van der Waals surface area contributed by atoms with Gasteiger partial charge < -0.3 is 5.32 Å². The number of carbonyl (C=O) groups is 1. The topological polar surface area (TPSA) is 29.1 Å². The number of carbonyl (C=O) groups excluding carboxylic acids is 1. The number of rotatable bonds is 4. The molecule has 0 bridgehead atoms. The number of nitrogens with one attached hydrogen (secondary N) is 1. The van der Waals surface area contributed by atoms with Crippen molar-refractivity contribution in [1.82, 2.24) is 0 Å². The zero-order chi connectivity index (χ0) is 15.4. The van der Waals surface area contributed by atoms with Crippen LogP contribution in [0.25, 0.3) is 0 Å². The summed E-state index contributed by atoms with van der Waals surface area (Å²) in [5.74, 6) is -2.42. The number of halogens is 3. The Balaban J connectivity index is 2.04. The molecule has 0 aliphatic rings. The maximum absolute atomic E-state index is 13.5. The Kier molecular flexibility index (Phi) is 4.90. The molecule has 2 rings (SSSR count). The van der Waals surface area contributed by atoms with Gasteiger partial charge in [-0.05, 0) is 31.2 Å². The molecule has 2 nitrogen and oxygen atoms in total. The van der Waals surface area contributed by atoms with Crippen LogP contribution in [0.5, 0.6) is 0 Å². The average molecular weight is 311 g/mol. The summed E-state index contributed by atoms with van der Waals surface area (Å²) < 4.78 is 39.7. The van der Waals surface area contributed by atoms with Crippen molar-refractivity contribution in [3.05, 3.63) is 59.9 Å². The molecule has 0 aromatic heterocycles. The Hall–Kier alpha value is -1.95. The number of anilines is 1. The lowest BCUT2D eigenvalue weighted by atomic mass is 10.3. The van der Waals surface area contributed by atoms with Gasteiger partial charge in [-0.3, -0.25) is 4.79 Å². The first-order chi connectivity index (χ1) is 9.97. The summed E-state index contributed by atoms with van der Waals surface area (Å²) in [5.41, 5.74) is 0.0644. The van der Waals surface area contributed by atoms with Crippen molar-refractivity contribution in [3.8, 4) is 0 Å². The number of thioether (sulfide) groups is 1. The summed E-state index contributed by atoms with van der Waals surface area (Å²) >= 11 is 0.936. The zero-order valence-electron chi connectivity index (χ0n) is 11.1. The summed E-state index contributed by atoms with van der Waals surface area (Å²) in [6, 6.07) is 8.91. The number of hydrogen-bond acceptors (Lipinski definition) is 2. The molecule has 2 aromatic rings. The van der Waals surface area contributed by atoms with Crippen LogP contribution in [0.1, 0.15) is 6.92 Å². The van der Waals surface area contributed by atoms with Crippen molar-refractivity contribution in [1.29, 1.82) is 0 Å². The molecule has 1 N–H and O–H groups in total. The highest BCUT2D eigenvalue weighted by Crippen LogP contribution is 2.27. The second-order valence-corrected chi connectivity index (χ2v) is 5.69. The molecule has 0 heterocycles.